The number of aldehydes is 1. The highest BCUT2D eigenvalue weighted by Crippen LogP contribution is 2.26. The Labute approximate surface area is 99.4 Å². The molecule has 0 bridgehead atoms. The summed E-state index contributed by atoms with van der Waals surface area (Å²) in [6, 6.07) is 1.76. The molecule has 0 saturated heterocycles. The van der Waals surface area contributed by atoms with Gasteiger partial charge in [0.2, 0.25) is 0 Å². The van der Waals surface area contributed by atoms with Crippen LogP contribution in [0.3, 0.4) is 0 Å². The Balaban J connectivity index is 2.61. The zero-order valence-electron chi connectivity index (χ0n) is 10.4. The standard InChI is InChI=1S/C12H15N3O2/c1-12(2,3)17-8-5-6-13-11-10(8)14-9(7-16)15(11)4/h5-7H,1-4H3. The maximum atomic E-state index is 10.8. The predicted molar refractivity (Wildman–Crippen MR) is 64.3 cm³/mol. The van der Waals surface area contributed by atoms with Crippen LogP contribution in [-0.4, -0.2) is 26.4 Å². The molecule has 0 radical (unpaired) electrons. The average molecular weight is 233 g/mol. The molecule has 2 rings (SSSR count). The maximum absolute atomic E-state index is 10.8. The molecule has 0 fully saturated rings. The normalized spacial score (nSPS) is 11.8. The van der Waals surface area contributed by atoms with Crippen molar-refractivity contribution in [2.45, 2.75) is 26.4 Å². The number of carbonyl (C=O) groups is 1. The molecule has 0 unspecified atom stereocenters. The molecule has 0 saturated carbocycles. The maximum Gasteiger partial charge on any atom is 0.185 e. The van der Waals surface area contributed by atoms with Crippen molar-refractivity contribution in [2.75, 3.05) is 0 Å². The van der Waals surface area contributed by atoms with Crippen LogP contribution < -0.4 is 4.74 Å². The summed E-state index contributed by atoms with van der Waals surface area (Å²) in [6.45, 7) is 5.88. The van der Waals surface area contributed by atoms with Gasteiger partial charge in [-0.05, 0) is 20.8 Å². The van der Waals surface area contributed by atoms with Gasteiger partial charge in [0, 0.05) is 19.3 Å². The Morgan fingerprint density at radius 3 is 2.71 bits per heavy atom. The highest BCUT2D eigenvalue weighted by molar-refractivity contribution is 5.84. The lowest BCUT2D eigenvalue weighted by molar-refractivity contribution is 0.111. The van der Waals surface area contributed by atoms with Gasteiger partial charge in [-0.1, -0.05) is 0 Å². The Hall–Kier alpha value is -1.91. The number of hydrogen-bond acceptors (Lipinski definition) is 4. The van der Waals surface area contributed by atoms with Crippen LogP contribution in [0.5, 0.6) is 5.75 Å². The third-order valence-corrected chi connectivity index (χ3v) is 2.28. The van der Waals surface area contributed by atoms with E-state index < -0.39 is 0 Å². The van der Waals surface area contributed by atoms with Gasteiger partial charge in [-0.15, -0.1) is 0 Å². The molecule has 0 aliphatic carbocycles. The van der Waals surface area contributed by atoms with E-state index in [1.165, 1.54) is 0 Å². The molecule has 2 aromatic rings. The molecule has 0 amide bonds. The minimum atomic E-state index is -0.312. The van der Waals surface area contributed by atoms with Crippen LogP contribution in [-0.2, 0) is 7.05 Å². The van der Waals surface area contributed by atoms with E-state index in [1.54, 1.807) is 23.9 Å². The summed E-state index contributed by atoms with van der Waals surface area (Å²) in [6.07, 6.45) is 2.36. The van der Waals surface area contributed by atoms with Crippen LogP contribution in [0.4, 0.5) is 0 Å². The van der Waals surface area contributed by atoms with Crippen molar-refractivity contribution < 1.29 is 9.53 Å². The largest absolute Gasteiger partial charge is 0.486 e. The number of pyridine rings is 1. The lowest BCUT2D eigenvalue weighted by atomic mass is 10.2. The van der Waals surface area contributed by atoms with Gasteiger partial charge in [0.1, 0.15) is 5.60 Å². The fourth-order valence-electron chi connectivity index (χ4n) is 1.59. The van der Waals surface area contributed by atoms with Gasteiger partial charge in [0.05, 0.1) is 0 Å². The van der Waals surface area contributed by atoms with Crippen LogP contribution in [0.1, 0.15) is 31.4 Å². The molecule has 0 aliphatic rings. The molecule has 0 atom stereocenters. The molecule has 0 aliphatic heterocycles. The van der Waals surface area contributed by atoms with Gasteiger partial charge in [0.15, 0.2) is 29.0 Å². The summed E-state index contributed by atoms with van der Waals surface area (Å²) in [5.41, 5.74) is 0.952. The van der Waals surface area contributed by atoms with Crippen molar-refractivity contribution in [3.63, 3.8) is 0 Å². The monoisotopic (exact) mass is 233 g/mol. The third kappa shape index (κ3) is 2.13. The molecular weight excluding hydrogens is 218 g/mol. The first-order chi connectivity index (χ1) is 7.92. The van der Waals surface area contributed by atoms with Crippen LogP contribution in [0, 0.1) is 0 Å². The van der Waals surface area contributed by atoms with Crippen molar-refractivity contribution in [3.8, 4) is 5.75 Å². The summed E-state index contributed by atoms with van der Waals surface area (Å²) < 4.78 is 7.45. The Kier molecular flexibility index (Phi) is 2.61. The molecule has 5 heteroatoms. The van der Waals surface area contributed by atoms with E-state index in [2.05, 4.69) is 9.97 Å². The molecule has 0 aromatic carbocycles. The second-order valence-electron chi connectivity index (χ2n) is 4.84. The second kappa shape index (κ2) is 3.84. The number of aromatic nitrogens is 3. The van der Waals surface area contributed by atoms with Crippen molar-refractivity contribution >= 4 is 17.5 Å². The first-order valence-corrected chi connectivity index (χ1v) is 5.38. The zero-order chi connectivity index (χ0) is 12.6. The smallest absolute Gasteiger partial charge is 0.185 e. The highest BCUT2D eigenvalue weighted by atomic mass is 16.5. The first-order valence-electron chi connectivity index (χ1n) is 5.38. The number of hydrogen-bond donors (Lipinski definition) is 0. The molecule has 17 heavy (non-hydrogen) atoms. The third-order valence-electron chi connectivity index (χ3n) is 2.28. The van der Waals surface area contributed by atoms with Crippen LogP contribution in [0.25, 0.3) is 11.2 Å². The van der Waals surface area contributed by atoms with Crippen molar-refractivity contribution in [2.24, 2.45) is 7.05 Å². The van der Waals surface area contributed by atoms with E-state index >= 15 is 0 Å². The van der Waals surface area contributed by atoms with Gasteiger partial charge in [0.25, 0.3) is 0 Å². The Morgan fingerprint density at radius 1 is 1.41 bits per heavy atom. The summed E-state index contributed by atoms with van der Waals surface area (Å²) in [4.78, 5) is 19.3. The summed E-state index contributed by atoms with van der Waals surface area (Å²) in [5, 5.41) is 0. The lowest BCUT2D eigenvalue weighted by Crippen LogP contribution is -2.23. The van der Waals surface area contributed by atoms with Gasteiger partial charge in [-0.3, -0.25) is 4.79 Å². The minimum absolute atomic E-state index is 0.312. The van der Waals surface area contributed by atoms with Gasteiger partial charge < -0.3 is 9.30 Å². The van der Waals surface area contributed by atoms with E-state index in [0.29, 0.717) is 29.0 Å². The quantitative estimate of drug-likeness (QED) is 0.744. The van der Waals surface area contributed by atoms with E-state index in [4.69, 9.17) is 4.74 Å². The molecule has 2 aromatic heterocycles. The van der Waals surface area contributed by atoms with Crippen LogP contribution in [0.2, 0.25) is 0 Å². The minimum Gasteiger partial charge on any atom is -0.486 e. The number of ether oxygens (including phenoxy) is 1. The van der Waals surface area contributed by atoms with Crippen molar-refractivity contribution in [1.82, 2.24) is 14.5 Å². The number of imidazole rings is 1. The zero-order valence-corrected chi connectivity index (χ0v) is 10.4. The Bertz CT molecular complexity index is 567. The van der Waals surface area contributed by atoms with E-state index in [1.807, 2.05) is 20.8 Å². The molecule has 90 valence electrons. The lowest BCUT2D eigenvalue weighted by Gasteiger charge is -2.21. The fourth-order valence-corrected chi connectivity index (χ4v) is 1.59. The van der Waals surface area contributed by atoms with Crippen LogP contribution >= 0.6 is 0 Å². The molecule has 0 spiro atoms. The Morgan fingerprint density at radius 2 is 2.12 bits per heavy atom. The number of fused-ring (bicyclic) bond motifs is 1. The number of rotatable bonds is 2. The SMILES string of the molecule is Cn1c(C=O)nc2c(OC(C)(C)C)ccnc21. The summed E-state index contributed by atoms with van der Waals surface area (Å²) in [7, 11) is 1.76. The van der Waals surface area contributed by atoms with Crippen molar-refractivity contribution in [1.29, 1.82) is 0 Å². The summed E-state index contributed by atoms with van der Waals surface area (Å²) in [5.74, 6) is 0.989. The first kappa shape index (κ1) is 11.6. The second-order valence-corrected chi connectivity index (χ2v) is 4.84. The average Bonchev–Trinajstić information content (AvgIpc) is 2.55. The van der Waals surface area contributed by atoms with E-state index in [9.17, 15) is 4.79 Å². The fraction of sp³-hybridized carbons (Fsp3) is 0.417. The molecule has 0 N–H and O–H groups in total. The van der Waals surface area contributed by atoms with Gasteiger partial charge in [-0.25, -0.2) is 9.97 Å². The van der Waals surface area contributed by atoms with Crippen molar-refractivity contribution in [3.05, 3.63) is 18.1 Å². The van der Waals surface area contributed by atoms with E-state index in [0.717, 1.165) is 0 Å². The topological polar surface area (TPSA) is 57.0 Å². The molecule has 2 heterocycles. The number of carbonyl (C=O) groups excluding carboxylic acids is 1. The van der Waals surface area contributed by atoms with Gasteiger partial charge >= 0.3 is 0 Å². The predicted octanol–water partition coefficient (Wildman–Crippen LogP) is 1.96. The highest BCUT2D eigenvalue weighted by Gasteiger charge is 2.17. The number of aryl methyl sites for hydroxylation is 1. The molecular formula is C12H15N3O2. The number of nitrogens with zero attached hydrogens (tertiary/aromatic N) is 3. The summed E-state index contributed by atoms with van der Waals surface area (Å²) >= 11 is 0. The van der Waals surface area contributed by atoms with Crippen LogP contribution in [0.15, 0.2) is 12.3 Å². The van der Waals surface area contributed by atoms with Gasteiger partial charge in [-0.2, -0.15) is 0 Å². The van der Waals surface area contributed by atoms with E-state index in [-0.39, 0.29) is 5.60 Å². The molecule has 5 nitrogen and oxygen atoms in total.